The van der Waals surface area contributed by atoms with E-state index in [1.165, 1.54) is 4.68 Å². The van der Waals surface area contributed by atoms with Gasteiger partial charge < -0.3 is 5.32 Å². The Morgan fingerprint density at radius 1 is 0.778 bits per heavy atom. The van der Waals surface area contributed by atoms with Gasteiger partial charge in [0.25, 0.3) is 11.0 Å². The van der Waals surface area contributed by atoms with Crippen LogP contribution in [0.3, 0.4) is 0 Å². The summed E-state index contributed by atoms with van der Waals surface area (Å²) in [6, 6.07) is 18.3. The fourth-order valence-corrected chi connectivity index (χ4v) is 3.27. The summed E-state index contributed by atoms with van der Waals surface area (Å²) in [5, 5.41) is 2.98. The van der Waals surface area contributed by atoms with Gasteiger partial charge in [0.05, 0.1) is 16.8 Å². The predicted octanol–water partition coefficient (Wildman–Crippen LogP) is 2.49. The lowest BCUT2D eigenvalue weighted by molar-refractivity contribution is 0.630. The molecule has 0 saturated heterocycles. The molecule has 0 aliphatic heterocycles. The molecule has 1 aromatic heterocycles. The van der Waals surface area contributed by atoms with Gasteiger partial charge in [-0.2, -0.15) is 0 Å². The molecule has 27 heavy (non-hydrogen) atoms. The maximum absolute atomic E-state index is 13.1. The zero-order valence-electron chi connectivity index (χ0n) is 14.9. The molecule has 0 aliphatic rings. The lowest BCUT2D eigenvalue weighted by atomic mass is 9.98. The van der Waals surface area contributed by atoms with Gasteiger partial charge in [0, 0.05) is 18.4 Å². The van der Waals surface area contributed by atoms with Crippen LogP contribution < -0.4 is 21.7 Å². The van der Waals surface area contributed by atoms with E-state index in [1.807, 2.05) is 48.5 Å². The van der Waals surface area contributed by atoms with Crippen LogP contribution in [0.5, 0.6) is 0 Å². The number of hydrogen-bond acceptors (Lipinski definition) is 4. The molecule has 0 saturated carbocycles. The second-order valence-electron chi connectivity index (χ2n) is 6.34. The fraction of sp³-hybridized carbons (Fsp3) is 0.0952. The van der Waals surface area contributed by atoms with E-state index in [4.69, 9.17) is 0 Å². The molecule has 0 spiro atoms. The predicted molar refractivity (Wildman–Crippen MR) is 106 cm³/mol. The van der Waals surface area contributed by atoms with E-state index in [1.54, 1.807) is 30.8 Å². The second-order valence-corrected chi connectivity index (χ2v) is 6.34. The highest BCUT2D eigenvalue weighted by atomic mass is 16.2. The van der Waals surface area contributed by atoms with Gasteiger partial charge >= 0.3 is 0 Å². The van der Waals surface area contributed by atoms with E-state index >= 15 is 0 Å². The van der Waals surface area contributed by atoms with Gasteiger partial charge in [-0.25, -0.2) is 4.68 Å². The van der Waals surface area contributed by atoms with Gasteiger partial charge in [-0.3, -0.25) is 19.1 Å². The Morgan fingerprint density at radius 2 is 1.37 bits per heavy atom. The molecule has 3 aromatic carbocycles. The first-order valence-electron chi connectivity index (χ1n) is 8.50. The summed E-state index contributed by atoms with van der Waals surface area (Å²) in [7, 11) is 1.75. The Hall–Kier alpha value is -3.67. The third-order valence-electron chi connectivity index (χ3n) is 4.76. The molecular weight excluding hydrogens is 342 g/mol. The van der Waals surface area contributed by atoms with Crippen LogP contribution >= 0.6 is 0 Å². The SMILES string of the molecule is Cc1c(-c2c(Nc3ccccc3)c(=O)c2=O)c(=O)n(-c2ccccc2)n1C. The molecule has 0 aliphatic carbocycles. The first kappa shape index (κ1) is 16.8. The van der Waals surface area contributed by atoms with Crippen LogP contribution in [0.25, 0.3) is 16.8 Å². The summed E-state index contributed by atoms with van der Waals surface area (Å²) >= 11 is 0. The van der Waals surface area contributed by atoms with Gasteiger partial charge in [0.2, 0.25) is 5.43 Å². The molecule has 1 N–H and O–H groups in total. The monoisotopic (exact) mass is 359 g/mol. The first-order valence-corrected chi connectivity index (χ1v) is 8.50. The van der Waals surface area contributed by atoms with E-state index in [2.05, 4.69) is 5.32 Å². The van der Waals surface area contributed by atoms with Gasteiger partial charge in [-0.05, 0) is 31.2 Å². The molecule has 0 unspecified atom stereocenters. The summed E-state index contributed by atoms with van der Waals surface area (Å²) in [6.07, 6.45) is 0. The van der Waals surface area contributed by atoms with Crippen molar-refractivity contribution in [3.8, 4) is 16.8 Å². The highest BCUT2D eigenvalue weighted by molar-refractivity contribution is 5.85. The Balaban J connectivity index is 1.90. The van der Waals surface area contributed by atoms with E-state index in [9.17, 15) is 14.4 Å². The van der Waals surface area contributed by atoms with Crippen LogP contribution in [0.2, 0.25) is 0 Å². The molecule has 4 aromatic rings. The third-order valence-corrected chi connectivity index (χ3v) is 4.76. The van der Waals surface area contributed by atoms with Crippen LogP contribution in [-0.2, 0) is 7.05 Å². The minimum atomic E-state index is -0.639. The number of aromatic nitrogens is 2. The van der Waals surface area contributed by atoms with Gasteiger partial charge in [-0.15, -0.1) is 0 Å². The molecule has 6 nitrogen and oxygen atoms in total. The topological polar surface area (TPSA) is 73.1 Å². The van der Waals surface area contributed by atoms with Crippen LogP contribution in [0.1, 0.15) is 5.69 Å². The summed E-state index contributed by atoms with van der Waals surface area (Å²) in [6.45, 7) is 1.76. The molecule has 1 heterocycles. The van der Waals surface area contributed by atoms with Crippen molar-refractivity contribution >= 4 is 11.4 Å². The molecular formula is C21H17N3O3. The molecule has 134 valence electrons. The minimum Gasteiger partial charge on any atom is -0.352 e. The summed E-state index contributed by atoms with van der Waals surface area (Å²) < 4.78 is 3.18. The number of hydrogen-bond donors (Lipinski definition) is 1. The van der Waals surface area contributed by atoms with Gasteiger partial charge in [0.15, 0.2) is 0 Å². The van der Waals surface area contributed by atoms with E-state index in [0.29, 0.717) is 17.1 Å². The van der Waals surface area contributed by atoms with E-state index < -0.39 is 10.9 Å². The van der Waals surface area contributed by atoms with Crippen molar-refractivity contribution in [2.45, 2.75) is 6.92 Å². The van der Waals surface area contributed by atoms with Gasteiger partial charge in [0.1, 0.15) is 5.69 Å². The van der Waals surface area contributed by atoms with Crippen molar-refractivity contribution in [2.75, 3.05) is 5.32 Å². The van der Waals surface area contributed by atoms with E-state index in [-0.39, 0.29) is 22.4 Å². The molecule has 0 atom stereocenters. The van der Waals surface area contributed by atoms with Crippen molar-refractivity contribution in [3.63, 3.8) is 0 Å². The van der Waals surface area contributed by atoms with Crippen molar-refractivity contribution in [1.29, 1.82) is 0 Å². The lowest BCUT2D eigenvalue weighted by Gasteiger charge is -2.12. The number of benzene rings is 2. The van der Waals surface area contributed by atoms with Crippen molar-refractivity contribution < 1.29 is 0 Å². The molecule has 0 bridgehead atoms. The number of nitrogens with zero attached hydrogens (tertiary/aromatic N) is 2. The number of anilines is 2. The van der Waals surface area contributed by atoms with Crippen LogP contribution in [-0.4, -0.2) is 9.36 Å². The fourth-order valence-electron chi connectivity index (χ4n) is 3.27. The molecule has 0 radical (unpaired) electrons. The number of para-hydroxylation sites is 2. The average Bonchev–Trinajstić information content (AvgIpc) is 2.92. The maximum Gasteiger partial charge on any atom is 0.279 e. The van der Waals surface area contributed by atoms with Crippen molar-refractivity contribution in [1.82, 2.24) is 9.36 Å². The maximum atomic E-state index is 13.1. The third kappa shape index (κ3) is 2.54. The van der Waals surface area contributed by atoms with Crippen LogP contribution in [0.4, 0.5) is 11.4 Å². The van der Waals surface area contributed by atoms with Crippen LogP contribution in [0, 0.1) is 6.92 Å². The molecule has 4 rings (SSSR count). The summed E-state index contributed by atoms with van der Waals surface area (Å²) in [4.78, 5) is 37.6. The van der Waals surface area contributed by atoms with Crippen LogP contribution in [0.15, 0.2) is 75.0 Å². The molecule has 0 fully saturated rings. The Bertz CT molecular complexity index is 1260. The largest absolute Gasteiger partial charge is 0.352 e. The van der Waals surface area contributed by atoms with E-state index in [0.717, 1.165) is 0 Å². The first-order chi connectivity index (χ1) is 13.0. The smallest absolute Gasteiger partial charge is 0.279 e. The Kier molecular flexibility index (Phi) is 3.88. The number of nitrogens with one attached hydrogen (secondary N) is 1. The molecule has 6 heteroatoms. The normalized spacial score (nSPS) is 11.0. The second kappa shape index (κ2) is 6.25. The highest BCUT2D eigenvalue weighted by Crippen LogP contribution is 2.27. The Labute approximate surface area is 154 Å². The quantitative estimate of drug-likeness (QED) is 0.568. The number of rotatable bonds is 4. The zero-order valence-corrected chi connectivity index (χ0v) is 14.9. The Morgan fingerprint density at radius 3 is 2.00 bits per heavy atom. The lowest BCUT2D eigenvalue weighted by Crippen LogP contribution is -2.37. The zero-order chi connectivity index (χ0) is 19.1. The van der Waals surface area contributed by atoms with Crippen molar-refractivity contribution in [3.05, 3.63) is 97.2 Å². The average molecular weight is 359 g/mol. The summed E-state index contributed by atoms with van der Waals surface area (Å²) in [5.74, 6) is 0. The molecule has 0 amide bonds. The highest BCUT2D eigenvalue weighted by Gasteiger charge is 2.29. The summed E-state index contributed by atoms with van der Waals surface area (Å²) in [5.41, 5.74) is 0.982. The van der Waals surface area contributed by atoms with Crippen molar-refractivity contribution in [2.24, 2.45) is 7.05 Å². The van der Waals surface area contributed by atoms with Gasteiger partial charge in [-0.1, -0.05) is 36.4 Å². The minimum absolute atomic E-state index is 0.150. The standard InChI is InChI=1S/C21H17N3O3/c1-13-16(21(27)24(23(13)2)15-11-7-4-8-12-15)17-18(20(26)19(17)25)22-14-9-5-3-6-10-14/h3-12,22H,1-2H3.